The molecule has 0 aliphatic heterocycles. The fourth-order valence-electron chi connectivity index (χ4n) is 3.24. The number of carbonyl (C=O) groups excluding carboxylic acids is 1. The third-order valence-corrected chi connectivity index (χ3v) is 5.07. The molecule has 0 aliphatic carbocycles. The molecule has 0 bridgehead atoms. The van der Waals surface area contributed by atoms with Crippen molar-refractivity contribution in [2.45, 2.75) is 59.8 Å². The number of amides is 1. The third kappa shape index (κ3) is 8.88. The van der Waals surface area contributed by atoms with Crippen LogP contribution in [0.2, 0.25) is 0 Å². The molecule has 0 radical (unpaired) electrons. The van der Waals surface area contributed by atoms with E-state index in [1.165, 1.54) is 0 Å². The molecule has 1 aromatic heterocycles. The molecule has 148 valence electrons. The first-order valence-corrected chi connectivity index (χ1v) is 9.93. The number of H-pyrrole nitrogens is 1. The molecule has 0 aromatic carbocycles. The van der Waals surface area contributed by atoms with Gasteiger partial charge in [0, 0.05) is 19.3 Å². The zero-order valence-corrected chi connectivity index (χ0v) is 16.4. The third-order valence-electron chi connectivity index (χ3n) is 3.70. The largest absolute Gasteiger partial charge is 0.481 e. The number of aromatic amines is 1. The van der Waals surface area contributed by atoms with Gasteiger partial charge in [0.05, 0.1) is 5.75 Å². The van der Waals surface area contributed by atoms with Gasteiger partial charge < -0.3 is 5.11 Å². The van der Waals surface area contributed by atoms with Crippen LogP contribution in [0.5, 0.6) is 0 Å². The summed E-state index contributed by atoms with van der Waals surface area (Å²) >= 11 is 0. The fourth-order valence-corrected chi connectivity index (χ4v) is 4.28. The summed E-state index contributed by atoms with van der Waals surface area (Å²) in [6.07, 6.45) is 0.972. The number of carbonyl (C=O) groups is 2. The minimum absolute atomic E-state index is 0.0310. The lowest BCUT2D eigenvalue weighted by Gasteiger charge is -2.34. The van der Waals surface area contributed by atoms with Crippen molar-refractivity contribution in [3.05, 3.63) is 5.82 Å². The van der Waals surface area contributed by atoms with Crippen LogP contribution in [-0.2, 0) is 26.0 Å². The normalized spacial score (nSPS) is 12.8. The van der Waals surface area contributed by atoms with Crippen LogP contribution in [0.4, 0.5) is 0 Å². The van der Waals surface area contributed by atoms with Gasteiger partial charge in [0.2, 0.25) is 15.9 Å². The minimum Gasteiger partial charge on any atom is -0.481 e. The predicted molar refractivity (Wildman–Crippen MR) is 93.5 cm³/mol. The molecule has 3 N–H and O–H groups in total. The fraction of sp³-hybridized carbons (Fsp3) is 0.800. The Morgan fingerprint density at radius 3 is 2.38 bits per heavy atom. The molecular formula is C15H27N5O5S. The topological polar surface area (TPSA) is 155 Å². The van der Waals surface area contributed by atoms with E-state index in [2.05, 4.69) is 20.6 Å². The highest BCUT2D eigenvalue weighted by Gasteiger charge is 2.32. The van der Waals surface area contributed by atoms with E-state index in [-0.39, 0.29) is 24.7 Å². The zero-order chi connectivity index (χ0) is 20.0. The molecule has 0 saturated heterocycles. The van der Waals surface area contributed by atoms with Crippen LogP contribution < -0.4 is 4.72 Å². The van der Waals surface area contributed by atoms with Gasteiger partial charge in [-0.15, -0.1) is 5.10 Å². The summed E-state index contributed by atoms with van der Waals surface area (Å²) in [6.45, 7) is 7.84. The van der Waals surface area contributed by atoms with Gasteiger partial charge in [-0.25, -0.2) is 13.5 Å². The van der Waals surface area contributed by atoms with Crippen LogP contribution in [0.3, 0.4) is 0 Å². The molecule has 0 atom stereocenters. The van der Waals surface area contributed by atoms with E-state index in [0.29, 0.717) is 18.7 Å². The summed E-state index contributed by atoms with van der Waals surface area (Å²) < 4.78 is 25.7. The molecule has 0 aliphatic rings. The Morgan fingerprint density at radius 2 is 1.85 bits per heavy atom. The maximum atomic E-state index is 12.1. The van der Waals surface area contributed by atoms with Crippen LogP contribution in [0, 0.1) is 10.8 Å². The van der Waals surface area contributed by atoms with Gasteiger partial charge in [-0.1, -0.05) is 27.7 Å². The molecule has 11 heteroatoms. The number of sulfonamides is 1. The van der Waals surface area contributed by atoms with Gasteiger partial charge in [-0.2, -0.15) is 0 Å². The van der Waals surface area contributed by atoms with Gasteiger partial charge in [0.1, 0.15) is 5.82 Å². The van der Waals surface area contributed by atoms with Crippen molar-refractivity contribution in [3.63, 3.8) is 0 Å². The molecule has 10 nitrogen and oxygen atoms in total. The van der Waals surface area contributed by atoms with E-state index in [1.54, 1.807) is 0 Å². The summed E-state index contributed by atoms with van der Waals surface area (Å²) in [5.74, 6) is -1.41. The van der Waals surface area contributed by atoms with Crippen LogP contribution in [0.15, 0.2) is 0 Å². The number of nitrogens with zero attached hydrogens (tertiary/aromatic N) is 3. The van der Waals surface area contributed by atoms with Gasteiger partial charge in [-0.05, 0) is 34.1 Å². The number of carboxylic acid groups (broad SMARTS) is 1. The van der Waals surface area contributed by atoms with E-state index in [4.69, 9.17) is 5.11 Å². The number of hydrogen-bond acceptors (Lipinski definition) is 7. The Kier molecular flexibility index (Phi) is 7.25. The van der Waals surface area contributed by atoms with E-state index in [0.717, 1.165) is 0 Å². The average Bonchev–Trinajstić information content (AvgIpc) is 2.86. The lowest BCUT2D eigenvalue weighted by atomic mass is 9.71. The van der Waals surface area contributed by atoms with Gasteiger partial charge in [0.15, 0.2) is 0 Å². The zero-order valence-electron chi connectivity index (χ0n) is 15.6. The summed E-state index contributed by atoms with van der Waals surface area (Å²) in [4.78, 5) is 22.6. The molecule has 1 amide bonds. The van der Waals surface area contributed by atoms with E-state index < -0.39 is 33.1 Å². The summed E-state index contributed by atoms with van der Waals surface area (Å²) in [5.41, 5.74) is -0.650. The van der Waals surface area contributed by atoms with Crippen molar-refractivity contribution in [2.24, 2.45) is 10.8 Å². The lowest BCUT2D eigenvalue weighted by molar-refractivity contribution is -0.137. The standard InChI is InChI=1S/C15H27N5O5S/c1-14(2,8-11-16-19-20-17-11)10-15(3,4)9-12(21)18-26(24,25)7-5-6-13(22)23/h5-10H2,1-4H3,(H,18,21)(H,22,23)(H,16,17,19,20). The maximum Gasteiger partial charge on any atom is 0.303 e. The highest BCUT2D eigenvalue weighted by molar-refractivity contribution is 7.90. The number of carboxylic acids is 1. The molecule has 0 saturated carbocycles. The molecular weight excluding hydrogens is 362 g/mol. The Bertz CT molecular complexity index is 713. The van der Waals surface area contributed by atoms with Crippen LogP contribution in [0.1, 0.15) is 59.2 Å². The molecule has 1 rings (SSSR count). The maximum absolute atomic E-state index is 12.1. The Morgan fingerprint density at radius 1 is 1.19 bits per heavy atom. The van der Waals surface area contributed by atoms with Crippen LogP contribution in [0.25, 0.3) is 0 Å². The van der Waals surface area contributed by atoms with Crippen molar-refractivity contribution in [2.75, 3.05) is 5.75 Å². The molecule has 0 unspecified atom stereocenters. The number of tetrazole rings is 1. The molecule has 0 fully saturated rings. The minimum atomic E-state index is -3.83. The van der Waals surface area contributed by atoms with E-state index >= 15 is 0 Å². The second kappa shape index (κ2) is 8.56. The molecule has 1 heterocycles. The van der Waals surface area contributed by atoms with Crippen molar-refractivity contribution in [3.8, 4) is 0 Å². The van der Waals surface area contributed by atoms with E-state index in [1.807, 2.05) is 32.4 Å². The van der Waals surface area contributed by atoms with Gasteiger partial charge in [-0.3, -0.25) is 14.3 Å². The quantitative estimate of drug-likeness (QED) is 0.504. The monoisotopic (exact) mass is 389 g/mol. The Hall–Kier alpha value is -2.04. The summed E-state index contributed by atoms with van der Waals surface area (Å²) in [6, 6.07) is 0. The second-order valence-corrected chi connectivity index (χ2v) is 9.89. The first-order valence-electron chi connectivity index (χ1n) is 8.28. The smallest absolute Gasteiger partial charge is 0.303 e. The molecule has 26 heavy (non-hydrogen) atoms. The Balaban J connectivity index is 2.56. The van der Waals surface area contributed by atoms with Gasteiger partial charge in [0.25, 0.3) is 0 Å². The number of rotatable bonds is 11. The number of nitrogens with one attached hydrogen (secondary N) is 2. The second-order valence-electron chi connectivity index (χ2n) is 8.05. The van der Waals surface area contributed by atoms with E-state index in [9.17, 15) is 18.0 Å². The van der Waals surface area contributed by atoms with Crippen LogP contribution in [-0.4, -0.2) is 51.8 Å². The summed E-state index contributed by atoms with van der Waals surface area (Å²) in [7, 11) is -3.83. The van der Waals surface area contributed by atoms with Crippen LogP contribution >= 0.6 is 0 Å². The van der Waals surface area contributed by atoms with Crippen molar-refractivity contribution in [1.29, 1.82) is 0 Å². The number of aromatic nitrogens is 4. The predicted octanol–water partition coefficient (Wildman–Crippen LogP) is 0.886. The number of aliphatic carboxylic acids is 1. The first-order chi connectivity index (χ1) is 11.8. The Labute approximate surface area is 153 Å². The van der Waals surface area contributed by atoms with Gasteiger partial charge >= 0.3 is 5.97 Å². The average molecular weight is 389 g/mol. The number of hydrogen-bond donors (Lipinski definition) is 3. The van der Waals surface area contributed by atoms with Crippen molar-refractivity contribution in [1.82, 2.24) is 25.3 Å². The SMILES string of the molecule is CC(C)(CC(=O)NS(=O)(=O)CCCC(=O)O)CC(C)(C)Cc1nnn[nH]1. The highest BCUT2D eigenvalue weighted by atomic mass is 32.2. The summed E-state index contributed by atoms with van der Waals surface area (Å²) in [5, 5.41) is 22.2. The molecule has 0 spiro atoms. The molecule has 1 aromatic rings. The van der Waals surface area contributed by atoms with Crippen molar-refractivity contribution < 1.29 is 23.1 Å². The first kappa shape index (κ1) is 22.0. The lowest BCUT2D eigenvalue weighted by Crippen LogP contribution is -2.36. The highest BCUT2D eigenvalue weighted by Crippen LogP contribution is 2.37. The van der Waals surface area contributed by atoms with Crippen molar-refractivity contribution >= 4 is 21.9 Å².